The number of rotatable bonds is 3. The maximum Gasteiger partial charge on any atom is 0.243 e. The lowest BCUT2D eigenvalue weighted by molar-refractivity contribution is 0.284. The Hall–Kier alpha value is -0.900. The minimum atomic E-state index is 0.292. The van der Waals surface area contributed by atoms with Gasteiger partial charge in [-0.2, -0.15) is 4.98 Å². The van der Waals surface area contributed by atoms with Gasteiger partial charge in [0.1, 0.15) is 0 Å². The molecule has 19 heavy (non-hydrogen) atoms. The molecule has 1 aliphatic carbocycles. The lowest BCUT2D eigenvalue weighted by Crippen LogP contribution is -2.27. The maximum absolute atomic E-state index is 5.50. The SMILES string of the molecule is CCC1CCCC(c2noc([C@H]3CCCCN3)n2)C1. The first-order chi connectivity index (χ1) is 9.36. The quantitative estimate of drug-likeness (QED) is 0.905. The molecule has 0 bridgehead atoms. The van der Waals surface area contributed by atoms with Gasteiger partial charge in [-0.05, 0) is 38.1 Å². The fraction of sp³-hybridized carbons (Fsp3) is 0.867. The van der Waals surface area contributed by atoms with Gasteiger partial charge in [-0.25, -0.2) is 0 Å². The van der Waals surface area contributed by atoms with Crippen molar-refractivity contribution in [3.8, 4) is 0 Å². The summed E-state index contributed by atoms with van der Waals surface area (Å²) in [6, 6.07) is 0.292. The summed E-state index contributed by atoms with van der Waals surface area (Å²) < 4.78 is 5.50. The molecular formula is C15H25N3O. The van der Waals surface area contributed by atoms with Gasteiger partial charge in [0.05, 0.1) is 6.04 Å². The van der Waals surface area contributed by atoms with Crippen molar-refractivity contribution in [1.29, 1.82) is 0 Å². The van der Waals surface area contributed by atoms with E-state index in [2.05, 4.69) is 22.4 Å². The van der Waals surface area contributed by atoms with Crippen LogP contribution in [-0.4, -0.2) is 16.7 Å². The first-order valence-electron chi connectivity index (χ1n) is 7.93. The zero-order valence-corrected chi connectivity index (χ0v) is 11.9. The van der Waals surface area contributed by atoms with Crippen molar-refractivity contribution in [1.82, 2.24) is 15.5 Å². The molecule has 2 unspecified atom stereocenters. The van der Waals surface area contributed by atoms with E-state index in [1.54, 1.807) is 0 Å². The summed E-state index contributed by atoms with van der Waals surface area (Å²) in [4.78, 5) is 4.69. The second-order valence-corrected chi connectivity index (χ2v) is 6.13. The van der Waals surface area contributed by atoms with Crippen LogP contribution in [0, 0.1) is 5.92 Å². The Kier molecular flexibility index (Phi) is 4.16. The van der Waals surface area contributed by atoms with Gasteiger partial charge in [0.15, 0.2) is 5.82 Å². The summed E-state index contributed by atoms with van der Waals surface area (Å²) >= 11 is 0. The van der Waals surface area contributed by atoms with E-state index in [-0.39, 0.29) is 0 Å². The molecule has 2 heterocycles. The molecule has 1 saturated carbocycles. The van der Waals surface area contributed by atoms with Gasteiger partial charge in [0, 0.05) is 5.92 Å². The Bertz CT molecular complexity index is 398. The van der Waals surface area contributed by atoms with Crippen LogP contribution >= 0.6 is 0 Å². The maximum atomic E-state index is 5.50. The topological polar surface area (TPSA) is 51.0 Å². The molecule has 4 nitrogen and oxygen atoms in total. The Morgan fingerprint density at radius 2 is 2.16 bits per heavy atom. The molecule has 106 valence electrons. The van der Waals surface area contributed by atoms with E-state index in [0.29, 0.717) is 12.0 Å². The van der Waals surface area contributed by atoms with Crippen LogP contribution in [0.2, 0.25) is 0 Å². The van der Waals surface area contributed by atoms with Crippen molar-refractivity contribution in [3.63, 3.8) is 0 Å². The first kappa shape index (κ1) is 13.1. The average Bonchev–Trinajstić information content (AvgIpc) is 2.98. The number of aromatic nitrogens is 2. The molecule has 1 N–H and O–H groups in total. The number of nitrogens with one attached hydrogen (secondary N) is 1. The van der Waals surface area contributed by atoms with Crippen LogP contribution in [-0.2, 0) is 0 Å². The Balaban J connectivity index is 1.66. The Morgan fingerprint density at radius 1 is 1.21 bits per heavy atom. The first-order valence-corrected chi connectivity index (χ1v) is 7.93. The number of hydrogen-bond donors (Lipinski definition) is 1. The molecule has 0 amide bonds. The highest BCUT2D eigenvalue weighted by Gasteiger charge is 2.28. The molecule has 3 rings (SSSR count). The van der Waals surface area contributed by atoms with Crippen molar-refractivity contribution in [3.05, 3.63) is 11.7 Å². The third kappa shape index (κ3) is 2.99. The van der Waals surface area contributed by atoms with Crippen LogP contribution in [0.15, 0.2) is 4.52 Å². The van der Waals surface area contributed by atoms with Crippen LogP contribution in [0.1, 0.15) is 82.0 Å². The van der Waals surface area contributed by atoms with E-state index >= 15 is 0 Å². The van der Waals surface area contributed by atoms with Crippen LogP contribution < -0.4 is 5.32 Å². The summed E-state index contributed by atoms with van der Waals surface area (Å²) in [6.07, 6.45) is 10.1. The largest absolute Gasteiger partial charge is 0.338 e. The van der Waals surface area contributed by atoms with Crippen LogP contribution in [0.5, 0.6) is 0 Å². The van der Waals surface area contributed by atoms with Crippen molar-refractivity contribution in [2.24, 2.45) is 5.92 Å². The van der Waals surface area contributed by atoms with Gasteiger partial charge < -0.3 is 9.84 Å². The van der Waals surface area contributed by atoms with Gasteiger partial charge in [-0.15, -0.1) is 0 Å². The molecule has 3 atom stereocenters. The van der Waals surface area contributed by atoms with E-state index in [4.69, 9.17) is 4.52 Å². The molecule has 2 fully saturated rings. The minimum Gasteiger partial charge on any atom is -0.338 e. The molecule has 1 aliphatic heterocycles. The molecule has 2 aliphatic rings. The second kappa shape index (κ2) is 6.04. The highest BCUT2D eigenvalue weighted by Crippen LogP contribution is 2.36. The molecule has 0 spiro atoms. The highest BCUT2D eigenvalue weighted by atomic mass is 16.5. The molecule has 4 heteroatoms. The second-order valence-electron chi connectivity index (χ2n) is 6.13. The third-order valence-corrected chi connectivity index (χ3v) is 4.79. The molecule has 0 aromatic carbocycles. The normalized spacial score (nSPS) is 32.4. The van der Waals surface area contributed by atoms with Crippen molar-refractivity contribution >= 4 is 0 Å². The smallest absolute Gasteiger partial charge is 0.243 e. The van der Waals surface area contributed by atoms with E-state index in [1.807, 2.05) is 0 Å². The predicted octanol–water partition coefficient (Wildman–Crippen LogP) is 3.57. The van der Waals surface area contributed by atoms with E-state index < -0.39 is 0 Å². The zero-order valence-electron chi connectivity index (χ0n) is 11.9. The summed E-state index contributed by atoms with van der Waals surface area (Å²) in [7, 11) is 0. The summed E-state index contributed by atoms with van der Waals surface area (Å²) in [5, 5.41) is 7.73. The van der Waals surface area contributed by atoms with Gasteiger partial charge in [-0.3, -0.25) is 0 Å². The standard InChI is InChI=1S/C15H25N3O/c1-2-11-6-5-7-12(10-11)14-17-15(19-18-14)13-8-3-4-9-16-13/h11-13,16H,2-10H2,1H3/t11?,12?,13-/m1/s1. The van der Waals surface area contributed by atoms with Gasteiger partial charge >= 0.3 is 0 Å². The lowest BCUT2D eigenvalue weighted by Gasteiger charge is -2.26. The van der Waals surface area contributed by atoms with E-state index in [9.17, 15) is 0 Å². The molecule has 0 radical (unpaired) electrons. The predicted molar refractivity (Wildman–Crippen MR) is 73.9 cm³/mol. The van der Waals surface area contributed by atoms with Crippen LogP contribution in [0.3, 0.4) is 0 Å². The summed E-state index contributed by atoms with van der Waals surface area (Å²) in [6.45, 7) is 3.37. The van der Waals surface area contributed by atoms with Crippen LogP contribution in [0.25, 0.3) is 0 Å². The van der Waals surface area contributed by atoms with Crippen LogP contribution in [0.4, 0.5) is 0 Å². The fourth-order valence-electron chi connectivity index (χ4n) is 3.51. The zero-order chi connectivity index (χ0) is 13.1. The highest BCUT2D eigenvalue weighted by molar-refractivity contribution is 5.01. The Labute approximate surface area is 115 Å². The minimum absolute atomic E-state index is 0.292. The van der Waals surface area contributed by atoms with E-state index in [0.717, 1.165) is 30.6 Å². The number of piperidine rings is 1. The summed E-state index contributed by atoms with van der Waals surface area (Å²) in [5.41, 5.74) is 0. The summed E-state index contributed by atoms with van der Waals surface area (Å²) in [5.74, 6) is 3.15. The Morgan fingerprint density at radius 3 is 2.95 bits per heavy atom. The average molecular weight is 263 g/mol. The number of hydrogen-bond acceptors (Lipinski definition) is 4. The van der Waals surface area contributed by atoms with Crippen molar-refractivity contribution in [2.45, 2.75) is 70.3 Å². The lowest BCUT2D eigenvalue weighted by atomic mass is 9.80. The van der Waals surface area contributed by atoms with Crippen molar-refractivity contribution in [2.75, 3.05) is 6.54 Å². The van der Waals surface area contributed by atoms with Gasteiger partial charge in [0.25, 0.3) is 0 Å². The molecule has 1 aromatic rings. The molecule has 1 saturated heterocycles. The van der Waals surface area contributed by atoms with Gasteiger partial charge in [0.2, 0.25) is 5.89 Å². The van der Waals surface area contributed by atoms with Gasteiger partial charge in [-0.1, -0.05) is 37.8 Å². The fourth-order valence-corrected chi connectivity index (χ4v) is 3.51. The van der Waals surface area contributed by atoms with E-state index in [1.165, 1.54) is 44.9 Å². The number of nitrogens with zero attached hydrogens (tertiary/aromatic N) is 2. The molecular weight excluding hydrogens is 238 g/mol. The monoisotopic (exact) mass is 263 g/mol. The molecule has 1 aromatic heterocycles. The third-order valence-electron chi connectivity index (χ3n) is 4.79. The van der Waals surface area contributed by atoms with Crippen molar-refractivity contribution < 1.29 is 4.52 Å².